The van der Waals surface area contributed by atoms with E-state index in [2.05, 4.69) is 43.6 Å². The van der Waals surface area contributed by atoms with Gasteiger partial charge in [0, 0.05) is 111 Å². The van der Waals surface area contributed by atoms with Gasteiger partial charge in [0.1, 0.15) is 50.0 Å². The predicted molar refractivity (Wildman–Crippen MR) is 357 cm³/mol. The third kappa shape index (κ3) is 33.4. The summed E-state index contributed by atoms with van der Waals surface area (Å²) in [6.07, 6.45) is -3.96. The molecule has 3 aliphatic rings. The highest BCUT2D eigenvalue weighted by Crippen LogP contribution is 2.37. The van der Waals surface area contributed by atoms with Crippen molar-refractivity contribution in [2.75, 3.05) is 92.4 Å². The molecule has 0 saturated carbocycles. The first-order valence-electron chi connectivity index (χ1n) is 34.5. The van der Waals surface area contributed by atoms with E-state index in [-0.39, 0.29) is 202 Å². The minimum atomic E-state index is -1.44. The molecule has 3 fully saturated rings. The summed E-state index contributed by atoms with van der Waals surface area (Å²) in [7, 11) is 0. The lowest BCUT2D eigenvalue weighted by atomic mass is 9.79. The number of carbonyl (C=O) groups is 10. The van der Waals surface area contributed by atoms with Gasteiger partial charge in [0.2, 0.25) is 17.7 Å². The summed E-state index contributed by atoms with van der Waals surface area (Å²) in [4.78, 5) is 125. The summed E-state index contributed by atoms with van der Waals surface area (Å²) in [5, 5.41) is 8.76. The highest BCUT2D eigenvalue weighted by molar-refractivity contribution is 5.79. The van der Waals surface area contributed by atoms with Gasteiger partial charge in [0.05, 0.1) is 65.1 Å². The van der Waals surface area contributed by atoms with E-state index >= 15 is 0 Å². The lowest BCUT2D eigenvalue weighted by molar-refractivity contribution is -0.288. The molecule has 3 saturated heterocycles. The molecule has 3 N–H and O–H groups in total. The number of Topliss-reactive ketones (excluding diaryl/α,β-unsaturated/α-hetero) is 1. The Bertz CT molecular complexity index is 2530. The molecule has 6 unspecified atom stereocenters. The molecule has 4 rings (SSSR count). The topological polar surface area (TPSA) is 345 Å². The molecule has 28 nitrogen and oxygen atoms in total. The van der Waals surface area contributed by atoms with Crippen LogP contribution in [0.25, 0.3) is 0 Å². The van der Waals surface area contributed by atoms with E-state index in [1.165, 1.54) is 34.6 Å². The molecule has 0 bridgehead atoms. The fourth-order valence-corrected chi connectivity index (χ4v) is 11.4. The van der Waals surface area contributed by atoms with Gasteiger partial charge in [-0.15, -0.1) is 0 Å². The molecule has 1 aromatic rings. The van der Waals surface area contributed by atoms with E-state index in [9.17, 15) is 47.9 Å². The lowest BCUT2D eigenvalue weighted by Crippen LogP contribution is -2.58. The van der Waals surface area contributed by atoms with Crippen molar-refractivity contribution in [1.82, 2.24) is 16.0 Å². The van der Waals surface area contributed by atoms with Crippen molar-refractivity contribution in [3.8, 4) is 0 Å². The molecule has 3 heterocycles. The molecule has 0 radical (unpaired) electrons. The fraction of sp³-hybridized carbons (Fsp3) is 0.775. The molecule has 28 heteroatoms. The summed E-state index contributed by atoms with van der Waals surface area (Å²) in [5.41, 5.74) is -0.632. The minimum absolute atomic E-state index is 0. The zero-order valence-corrected chi connectivity index (χ0v) is 59.6. The van der Waals surface area contributed by atoms with Gasteiger partial charge in [0.15, 0.2) is 25.0 Å². The number of unbranched alkanes of at least 4 members (excludes halogenated alkanes) is 1. The average molecular weight is 1410 g/mol. The monoisotopic (exact) mass is 1410 g/mol. The fourth-order valence-electron chi connectivity index (χ4n) is 11.4. The number of ketones is 1. The van der Waals surface area contributed by atoms with Gasteiger partial charge < -0.3 is 87.0 Å². The maximum absolute atomic E-state index is 13.9. The molecule has 99 heavy (non-hydrogen) atoms. The maximum Gasteiger partial charge on any atom is 0.306 e. The van der Waals surface area contributed by atoms with Crippen LogP contribution in [-0.4, -0.2) is 207 Å². The third-order valence-corrected chi connectivity index (χ3v) is 17.9. The Balaban J connectivity index is 0.0000255. The smallest absolute Gasteiger partial charge is 0.306 e. The van der Waals surface area contributed by atoms with E-state index < -0.39 is 78.4 Å². The van der Waals surface area contributed by atoms with Crippen LogP contribution >= 0.6 is 0 Å². The molecule has 564 valence electrons. The van der Waals surface area contributed by atoms with E-state index in [0.29, 0.717) is 52.0 Å². The first kappa shape index (κ1) is 87.0. The number of amides is 3. The van der Waals surface area contributed by atoms with Crippen LogP contribution in [0.15, 0.2) is 30.3 Å². The molecular formula is C71H115N3O25. The molecule has 1 aromatic carbocycles. The normalized spacial score (nSPS) is 25.6. The van der Waals surface area contributed by atoms with Crippen molar-refractivity contribution >= 4 is 59.3 Å². The number of ether oxygens (including phenoxy) is 15. The predicted octanol–water partition coefficient (Wildman–Crippen LogP) is 6.59. The van der Waals surface area contributed by atoms with Crippen LogP contribution in [0.2, 0.25) is 0 Å². The van der Waals surface area contributed by atoms with Crippen molar-refractivity contribution in [2.24, 2.45) is 41.4 Å². The van der Waals surface area contributed by atoms with Gasteiger partial charge in [-0.05, 0) is 61.3 Å². The van der Waals surface area contributed by atoms with Crippen molar-refractivity contribution in [2.45, 2.75) is 223 Å². The molecule has 3 amide bonds. The molecular weight excluding hydrogens is 1290 g/mol. The van der Waals surface area contributed by atoms with Crippen molar-refractivity contribution in [3.63, 3.8) is 0 Å². The zero-order chi connectivity index (χ0) is 72.2. The number of esters is 6. The largest absolute Gasteiger partial charge is 0.463 e. The molecule has 15 atom stereocenters. The highest BCUT2D eigenvalue weighted by Gasteiger charge is 2.49. The third-order valence-electron chi connectivity index (χ3n) is 17.9. The Kier molecular flexibility index (Phi) is 41.3. The summed E-state index contributed by atoms with van der Waals surface area (Å²) >= 11 is 0. The van der Waals surface area contributed by atoms with Crippen molar-refractivity contribution in [3.05, 3.63) is 35.9 Å². The highest BCUT2D eigenvalue weighted by atomic mass is 16.7. The van der Waals surface area contributed by atoms with Gasteiger partial charge in [-0.25, -0.2) is 0 Å². The van der Waals surface area contributed by atoms with E-state index in [0.717, 1.165) is 5.56 Å². The number of benzene rings is 1. The summed E-state index contributed by atoms with van der Waals surface area (Å²) in [5.74, 6) is -4.12. The van der Waals surface area contributed by atoms with E-state index in [1.54, 1.807) is 6.92 Å². The second-order valence-corrected chi connectivity index (χ2v) is 25.9. The summed E-state index contributed by atoms with van der Waals surface area (Å²) in [6, 6.07) is 9.17. The van der Waals surface area contributed by atoms with Gasteiger partial charge in [-0.2, -0.15) is 0 Å². The standard InChI is InChI=1S/C70H111N3O25.CH4/c1-44-46(3)58(38-90-51(8)74)96-67(48(44)5)88-32-19-29-71-61(80)27-35-85-42-70(73-63(82)24-18-25-64(83)93-37-56-21-14-13-15-22-56,43-86-36-28-62(81)72-30-20-33-89-68-49(6)45(2)47(4)59(97-68)39-91-52(9)75)41-84-34-26-57(79)23-16-17-31-87-69-50(7)65(94-54(11)77)66(95-55(12)78)60(98-69)40-92-53(10)76;/h13-15,21-22,44-50,58-60,65-69H,16-20,23-43H2,1-12H3,(H,71,80)(H,72,81)(H,73,82);1H4/t44-,45-,46+,47+,48?,49?,50?,58?,59?,60?,65+,66-,67+,68+,69+,70?;/m0./s1. The van der Waals surface area contributed by atoms with Gasteiger partial charge in [-0.3, -0.25) is 47.9 Å². The Labute approximate surface area is 584 Å². The molecule has 0 spiro atoms. The number of carbonyl (C=O) groups excluding carboxylic acids is 10. The zero-order valence-electron chi connectivity index (χ0n) is 59.6. The number of rotatable bonds is 46. The Morgan fingerprint density at radius 1 is 0.414 bits per heavy atom. The van der Waals surface area contributed by atoms with Gasteiger partial charge in [0.25, 0.3) is 0 Å². The van der Waals surface area contributed by atoms with Crippen LogP contribution in [0.1, 0.15) is 167 Å². The van der Waals surface area contributed by atoms with Crippen LogP contribution in [0.3, 0.4) is 0 Å². The quantitative estimate of drug-likeness (QED) is 0.0352. The number of hydrogen-bond donors (Lipinski definition) is 3. The SMILES string of the molecule is C.CC(=O)OCC1O[C@@H](OCCCNC(=O)CCOCC(COCCC(=O)CCCCO[C@@H]2OC(COC(C)=O)[C@H](OC(C)=O)[C@H](OC(C)=O)C2C)(COCCC(=O)NCCCO[C@@H]2OC(COC(C)=O)[C@H](C)[C@H](C)C2C)NC(=O)CCCC(=O)OCc2ccccc2)C(C)[C@@H](C)[C@H]1C. The first-order valence-corrected chi connectivity index (χ1v) is 34.5. The maximum atomic E-state index is 13.9. The first-order chi connectivity index (χ1) is 46.7. The Hall–Kier alpha value is -6.24. The van der Waals surface area contributed by atoms with Gasteiger partial charge in [-0.1, -0.05) is 86.2 Å². The minimum Gasteiger partial charge on any atom is -0.463 e. The summed E-state index contributed by atoms with van der Waals surface area (Å²) < 4.78 is 87.3. The lowest BCUT2D eigenvalue weighted by Gasteiger charge is -2.43. The number of nitrogens with one attached hydrogen (secondary N) is 3. The van der Waals surface area contributed by atoms with E-state index in [4.69, 9.17) is 71.1 Å². The average Bonchev–Trinajstić information content (AvgIpc) is 0.811. The van der Waals surface area contributed by atoms with Crippen LogP contribution < -0.4 is 16.0 Å². The van der Waals surface area contributed by atoms with Gasteiger partial charge >= 0.3 is 35.8 Å². The van der Waals surface area contributed by atoms with E-state index in [1.807, 2.05) is 44.2 Å². The van der Waals surface area contributed by atoms with Crippen LogP contribution in [0.5, 0.6) is 0 Å². The molecule has 0 aliphatic carbocycles. The second kappa shape index (κ2) is 47.0. The Morgan fingerprint density at radius 3 is 1.32 bits per heavy atom. The van der Waals surface area contributed by atoms with Crippen LogP contribution in [-0.2, 0) is 126 Å². The van der Waals surface area contributed by atoms with Crippen LogP contribution in [0, 0.1) is 41.4 Å². The second-order valence-electron chi connectivity index (χ2n) is 25.9. The summed E-state index contributed by atoms with van der Waals surface area (Å²) in [6.45, 7) is 20.8. The van der Waals surface area contributed by atoms with Crippen molar-refractivity contribution in [1.29, 1.82) is 0 Å². The molecule has 3 aliphatic heterocycles. The van der Waals surface area contributed by atoms with Crippen molar-refractivity contribution < 1.29 is 119 Å². The molecule has 0 aromatic heterocycles. The van der Waals surface area contributed by atoms with Crippen LogP contribution in [0.4, 0.5) is 0 Å². The Morgan fingerprint density at radius 2 is 0.848 bits per heavy atom. The number of hydrogen-bond acceptors (Lipinski definition) is 25.